The minimum atomic E-state index is -3.35. The molecule has 0 unspecified atom stereocenters. The number of amides is 2. The average Bonchev–Trinajstić information content (AvgIpc) is 2.34. The van der Waals surface area contributed by atoms with Crippen molar-refractivity contribution in [3.8, 4) is 0 Å². The van der Waals surface area contributed by atoms with Crippen LogP contribution in [0.4, 0.5) is 10.5 Å². The molecule has 2 amide bonds. The number of hydrogen-bond donors (Lipinski definition) is 2. The third kappa shape index (κ3) is 5.30. The number of unbranched alkanes of at least 4 members (excludes halogenated alkanes) is 2. The van der Waals surface area contributed by atoms with Crippen molar-refractivity contribution in [2.45, 2.75) is 31.1 Å². The first-order chi connectivity index (χ1) is 8.95. The summed E-state index contributed by atoms with van der Waals surface area (Å²) >= 11 is 0. The molecule has 1 rings (SSSR count). The van der Waals surface area contributed by atoms with Gasteiger partial charge in [-0.2, -0.15) is 0 Å². The molecule has 5 nitrogen and oxygen atoms in total. The van der Waals surface area contributed by atoms with E-state index in [2.05, 4.69) is 17.6 Å². The van der Waals surface area contributed by atoms with Gasteiger partial charge in [0.25, 0.3) is 0 Å². The Morgan fingerprint density at radius 1 is 1.21 bits per heavy atom. The van der Waals surface area contributed by atoms with E-state index in [4.69, 9.17) is 0 Å². The van der Waals surface area contributed by atoms with Gasteiger partial charge < -0.3 is 10.6 Å². The van der Waals surface area contributed by atoms with Gasteiger partial charge in [-0.25, -0.2) is 13.2 Å². The quantitative estimate of drug-likeness (QED) is 0.788. The highest BCUT2D eigenvalue weighted by Crippen LogP contribution is 2.20. The molecule has 6 heteroatoms. The van der Waals surface area contributed by atoms with E-state index in [0.29, 0.717) is 12.2 Å². The average molecular weight is 284 g/mol. The fourth-order valence-electron chi connectivity index (χ4n) is 1.64. The number of hydrogen-bond acceptors (Lipinski definition) is 3. The van der Waals surface area contributed by atoms with Crippen molar-refractivity contribution in [3.63, 3.8) is 0 Å². The van der Waals surface area contributed by atoms with E-state index in [1.54, 1.807) is 18.2 Å². The van der Waals surface area contributed by atoms with Crippen molar-refractivity contribution >= 4 is 21.6 Å². The molecule has 0 radical (unpaired) electrons. The number of para-hydroxylation sites is 1. The molecule has 0 saturated carbocycles. The Bertz CT molecular complexity index is 526. The van der Waals surface area contributed by atoms with Crippen LogP contribution >= 0.6 is 0 Å². The molecule has 0 aliphatic rings. The van der Waals surface area contributed by atoms with Crippen LogP contribution in [0.1, 0.15) is 26.2 Å². The second-order valence-electron chi connectivity index (χ2n) is 4.36. The molecule has 1 aromatic rings. The molecule has 2 N–H and O–H groups in total. The van der Waals surface area contributed by atoms with E-state index in [9.17, 15) is 13.2 Å². The van der Waals surface area contributed by atoms with Crippen LogP contribution in [0.2, 0.25) is 0 Å². The fraction of sp³-hybridized carbons (Fsp3) is 0.462. The SMILES string of the molecule is CCCCCNC(=O)Nc1ccccc1S(C)(=O)=O. The predicted octanol–water partition coefficient (Wildman–Crippen LogP) is 2.40. The van der Waals surface area contributed by atoms with Crippen LogP contribution < -0.4 is 10.6 Å². The van der Waals surface area contributed by atoms with Crippen LogP contribution in [0, 0.1) is 0 Å². The normalized spacial score (nSPS) is 11.1. The van der Waals surface area contributed by atoms with Gasteiger partial charge >= 0.3 is 6.03 Å². The highest BCUT2D eigenvalue weighted by atomic mass is 32.2. The fourth-order valence-corrected chi connectivity index (χ4v) is 2.48. The molecule has 0 spiro atoms. The Balaban J connectivity index is 2.65. The molecule has 106 valence electrons. The smallest absolute Gasteiger partial charge is 0.319 e. The summed E-state index contributed by atoms with van der Waals surface area (Å²) in [6.07, 6.45) is 4.17. The van der Waals surface area contributed by atoms with Gasteiger partial charge in [0.2, 0.25) is 0 Å². The van der Waals surface area contributed by atoms with Gasteiger partial charge in [0.15, 0.2) is 9.84 Å². The Kier molecular flexibility index (Phi) is 5.82. The number of anilines is 1. The second kappa shape index (κ2) is 7.13. The first-order valence-electron chi connectivity index (χ1n) is 6.29. The van der Waals surface area contributed by atoms with Crippen molar-refractivity contribution in [1.82, 2.24) is 5.32 Å². The summed E-state index contributed by atoms with van der Waals surface area (Å²) < 4.78 is 23.1. The maximum absolute atomic E-state index is 11.6. The highest BCUT2D eigenvalue weighted by Gasteiger charge is 2.13. The molecule has 0 atom stereocenters. The van der Waals surface area contributed by atoms with E-state index in [1.807, 2.05) is 0 Å². The van der Waals surface area contributed by atoms with Gasteiger partial charge in [-0.05, 0) is 18.6 Å². The molecular formula is C13H20N2O3S. The molecule has 0 aliphatic carbocycles. The molecule has 0 saturated heterocycles. The van der Waals surface area contributed by atoms with E-state index in [1.165, 1.54) is 6.07 Å². The lowest BCUT2D eigenvalue weighted by Gasteiger charge is -2.10. The Morgan fingerprint density at radius 3 is 2.53 bits per heavy atom. The number of rotatable bonds is 6. The summed E-state index contributed by atoms with van der Waals surface area (Å²) in [5, 5.41) is 5.26. The number of carbonyl (C=O) groups is 1. The van der Waals surface area contributed by atoms with Gasteiger partial charge in [0, 0.05) is 12.8 Å². The third-order valence-corrected chi connectivity index (χ3v) is 3.76. The zero-order chi connectivity index (χ0) is 14.3. The number of urea groups is 1. The van der Waals surface area contributed by atoms with Gasteiger partial charge in [0.05, 0.1) is 10.6 Å². The second-order valence-corrected chi connectivity index (χ2v) is 6.34. The lowest BCUT2D eigenvalue weighted by Crippen LogP contribution is -2.30. The minimum Gasteiger partial charge on any atom is -0.338 e. The van der Waals surface area contributed by atoms with Crippen LogP contribution in [0.3, 0.4) is 0 Å². The van der Waals surface area contributed by atoms with Crippen molar-refractivity contribution < 1.29 is 13.2 Å². The Hall–Kier alpha value is -1.56. The number of benzene rings is 1. The van der Waals surface area contributed by atoms with Gasteiger partial charge in [-0.3, -0.25) is 0 Å². The molecule has 1 aromatic carbocycles. The summed E-state index contributed by atoms with van der Waals surface area (Å²) in [6, 6.07) is 5.97. The number of sulfone groups is 1. The van der Waals surface area contributed by atoms with Crippen LogP contribution in [0.25, 0.3) is 0 Å². The summed E-state index contributed by atoms with van der Waals surface area (Å²) in [6.45, 7) is 2.67. The standard InChI is InChI=1S/C13H20N2O3S/c1-3-4-7-10-14-13(16)15-11-8-5-6-9-12(11)19(2,17)18/h5-6,8-9H,3-4,7,10H2,1-2H3,(H2,14,15,16). The van der Waals surface area contributed by atoms with Crippen molar-refractivity contribution in [2.75, 3.05) is 18.1 Å². The summed E-state index contributed by atoms with van der Waals surface area (Å²) in [7, 11) is -3.35. The Labute approximate surface area is 114 Å². The third-order valence-electron chi connectivity index (χ3n) is 2.60. The molecule has 0 fully saturated rings. The zero-order valence-corrected chi connectivity index (χ0v) is 12.1. The van der Waals surface area contributed by atoms with Crippen molar-refractivity contribution in [2.24, 2.45) is 0 Å². The van der Waals surface area contributed by atoms with Gasteiger partial charge in [-0.1, -0.05) is 31.9 Å². The number of nitrogens with one attached hydrogen (secondary N) is 2. The van der Waals surface area contributed by atoms with Crippen LogP contribution in [0.15, 0.2) is 29.2 Å². The molecule has 0 aromatic heterocycles. The summed E-state index contributed by atoms with van der Waals surface area (Å²) in [4.78, 5) is 11.8. The van der Waals surface area contributed by atoms with E-state index in [0.717, 1.165) is 25.5 Å². The van der Waals surface area contributed by atoms with Crippen LogP contribution in [-0.4, -0.2) is 27.2 Å². The first kappa shape index (κ1) is 15.5. The lowest BCUT2D eigenvalue weighted by atomic mass is 10.2. The molecule has 0 aliphatic heterocycles. The summed E-state index contributed by atoms with van der Waals surface area (Å²) in [5.41, 5.74) is 0.304. The summed E-state index contributed by atoms with van der Waals surface area (Å²) in [5.74, 6) is 0. The van der Waals surface area contributed by atoms with Crippen LogP contribution in [0.5, 0.6) is 0 Å². The topological polar surface area (TPSA) is 75.3 Å². The molecular weight excluding hydrogens is 264 g/mol. The van der Waals surface area contributed by atoms with Crippen LogP contribution in [-0.2, 0) is 9.84 Å². The maximum atomic E-state index is 11.6. The number of carbonyl (C=O) groups excluding carboxylic acids is 1. The zero-order valence-electron chi connectivity index (χ0n) is 11.3. The Morgan fingerprint density at radius 2 is 1.89 bits per heavy atom. The first-order valence-corrected chi connectivity index (χ1v) is 8.18. The molecule has 0 bridgehead atoms. The highest BCUT2D eigenvalue weighted by molar-refractivity contribution is 7.90. The molecule has 0 heterocycles. The lowest BCUT2D eigenvalue weighted by molar-refractivity contribution is 0.252. The maximum Gasteiger partial charge on any atom is 0.319 e. The van der Waals surface area contributed by atoms with E-state index in [-0.39, 0.29) is 10.9 Å². The van der Waals surface area contributed by atoms with E-state index < -0.39 is 9.84 Å². The minimum absolute atomic E-state index is 0.124. The molecule has 19 heavy (non-hydrogen) atoms. The largest absolute Gasteiger partial charge is 0.338 e. The van der Waals surface area contributed by atoms with Crippen molar-refractivity contribution in [3.05, 3.63) is 24.3 Å². The van der Waals surface area contributed by atoms with Gasteiger partial charge in [-0.15, -0.1) is 0 Å². The van der Waals surface area contributed by atoms with Gasteiger partial charge in [0.1, 0.15) is 0 Å². The van der Waals surface area contributed by atoms with E-state index >= 15 is 0 Å². The predicted molar refractivity (Wildman–Crippen MR) is 76.1 cm³/mol. The van der Waals surface area contributed by atoms with Crippen molar-refractivity contribution in [1.29, 1.82) is 0 Å². The monoisotopic (exact) mass is 284 g/mol.